The second kappa shape index (κ2) is 8.37. The van der Waals surface area contributed by atoms with Gasteiger partial charge in [-0.05, 0) is 31.5 Å². The summed E-state index contributed by atoms with van der Waals surface area (Å²) in [7, 11) is 0. The molecule has 3 amide bonds. The van der Waals surface area contributed by atoms with Gasteiger partial charge in [0.2, 0.25) is 0 Å². The highest BCUT2D eigenvalue weighted by molar-refractivity contribution is 5.94. The highest BCUT2D eigenvalue weighted by Gasteiger charge is 2.26. The van der Waals surface area contributed by atoms with E-state index < -0.39 is 0 Å². The number of carbonyl (C=O) groups is 2. The summed E-state index contributed by atoms with van der Waals surface area (Å²) < 4.78 is 5.65. The average molecular weight is 329 g/mol. The van der Waals surface area contributed by atoms with E-state index in [2.05, 4.69) is 16.6 Å². The SMILES string of the molecule is C#CCNC(=O)NCc1ccc(C(=O)N2C[C@@H](C)O[C@H](C)C2)cc1. The number of hydrogen-bond acceptors (Lipinski definition) is 3. The molecule has 0 aromatic heterocycles. The molecule has 1 heterocycles. The van der Waals surface area contributed by atoms with E-state index in [0.29, 0.717) is 25.2 Å². The van der Waals surface area contributed by atoms with E-state index in [4.69, 9.17) is 11.2 Å². The summed E-state index contributed by atoms with van der Waals surface area (Å²) in [6, 6.07) is 6.92. The van der Waals surface area contributed by atoms with Crippen molar-refractivity contribution in [3.8, 4) is 12.3 Å². The van der Waals surface area contributed by atoms with Crippen molar-refractivity contribution in [2.24, 2.45) is 0 Å². The summed E-state index contributed by atoms with van der Waals surface area (Å²) in [4.78, 5) is 25.8. The summed E-state index contributed by atoms with van der Waals surface area (Å²) >= 11 is 0. The molecule has 128 valence electrons. The second-order valence-corrected chi connectivity index (χ2v) is 5.90. The zero-order valence-corrected chi connectivity index (χ0v) is 14.0. The molecule has 0 aliphatic carbocycles. The quantitative estimate of drug-likeness (QED) is 0.820. The zero-order chi connectivity index (χ0) is 17.5. The maximum atomic E-state index is 12.6. The van der Waals surface area contributed by atoms with Crippen LogP contribution < -0.4 is 10.6 Å². The van der Waals surface area contributed by atoms with E-state index in [1.165, 1.54) is 0 Å². The molecule has 1 aromatic carbocycles. The molecule has 1 aromatic rings. The van der Waals surface area contributed by atoms with Crippen LogP contribution in [0.1, 0.15) is 29.8 Å². The van der Waals surface area contributed by atoms with Gasteiger partial charge in [0, 0.05) is 25.2 Å². The van der Waals surface area contributed by atoms with Gasteiger partial charge in [0.1, 0.15) is 0 Å². The van der Waals surface area contributed by atoms with Gasteiger partial charge in [0.25, 0.3) is 5.91 Å². The van der Waals surface area contributed by atoms with E-state index in [0.717, 1.165) is 5.56 Å². The lowest BCUT2D eigenvalue weighted by Gasteiger charge is -2.35. The van der Waals surface area contributed by atoms with Gasteiger partial charge in [-0.3, -0.25) is 4.79 Å². The monoisotopic (exact) mass is 329 g/mol. The smallest absolute Gasteiger partial charge is 0.315 e. The number of benzene rings is 1. The van der Waals surface area contributed by atoms with Gasteiger partial charge in [0.15, 0.2) is 0 Å². The Hall–Kier alpha value is -2.52. The normalized spacial score (nSPS) is 20.1. The van der Waals surface area contributed by atoms with Crippen molar-refractivity contribution < 1.29 is 14.3 Å². The first-order valence-corrected chi connectivity index (χ1v) is 7.98. The number of amides is 3. The van der Waals surface area contributed by atoms with Gasteiger partial charge in [-0.2, -0.15) is 0 Å². The fraction of sp³-hybridized carbons (Fsp3) is 0.444. The lowest BCUT2D eigenvalue weighted by atomic mass is 10.1. The fourth-order valence-corrected chi connectivity index (χ4v) is 2.67. The Morgan fingerprint density at radius 1 is 1.21 bits per heavy atom. The Balaban J connectivity index is 1.90. The topological polar surface area (TPSA) is 70.7 Å². The largest absolute Gasteiger partial charge is 0.372 e. The number of nitrogens with zero attached hydrogens (tertiary/aromatic N) is 1. The minimum atomic E-state index is -0.315. The third-order valence-corrected chi connectivity index (χ3v) is 3.71. The highest BCUT2D eigenvalue weighted by atomic mass is 16.5. The summed E-state index contributed by atoms with van der Waals surface area (Å²) in [5.41, 5.74) is 1.54. The minimum Gasteiger partial charge on any atom is -0.372 e. The van der Waals surface area contributed by atoms with Crippen molar-refractivity contribution in [3.05, 3.63) is 35.4 Å². The molecule has 1 aliphatic heterocycles. The van der Waals surface area contributed by atoms with E-state index >= 15 is 0 Å². The minimum absolute atomic E-state index is 0.00303. The Kier molecular flexibility index (Phi) is 6.21. The van der Waals surface area contributed by atoms with Crippen LogP contribution in [-0.2, 0) is 11.3 Å². The summed E-state index contributed by atoms with van der Waals surface area (Å²) in [5, 5.41) is 5.22. The van der Waals surface area contributed by atoms with Gasteiger partial charge in [-0.25, -0.2) is 4.79 Å². The highest BCUT2D eigenvalue weighted by Crippen LogP contribution is 2.15. The Morgan fingerprint density at radius 2 is 1.83 bits per heavy atom. The molecule has 0 unspecified atom stereocenters. The van der Waals surface area contributed by atoms with Gasteiger partial charge in [-0.15, -0.1) is 6.42 Å². The molecule has 2 atom stereocenters. The number of terminal acetylenes is 1. The van der Waals surface area contributed by atoms with Crippen molar-refractivity contribution in [1.82, 2.24) is 15.5 Å². The van der Waals surface area contributed by atoms with Gasteiger partial charge in [0.05, 0.1) is 18.8 Å². The third-order valence-electron chi connectivity index (χ3n) is 3.71. The molecule has 1 saturated heterocycles. The maximum Gasteiger partial charge on any atom is 0.315 e. The van der Waals surface area contributed by atoms with Crippen molar-refractivity contribution in [1.29, 1.82) is 0 Å². The number of hydrogen-bond donors (Lipinski definition) is 2. The first-order valence-electron chi connectivity index (χ1n) is 7.98. The average Bonchev–Trinajstić information content (AvgIpc) is 2.57. The molecule has 2 N–H and O–H groups in total. The Morgan fingerprint density at radius 3 is 2.42 bits per heavy atom. The van der Waals surface area contributed by atoms with E-state index in [1.54, 1.807) is 12.1 Å². The molecule has 24 heavy (non-hydrogen) atoms. The molecule has 2 rings (SSSR count). The van der Waals surface area contributed by atoms with Crippen molar-refractivity contribution in [3.63, 3.8) is 0 Å². The number of rotatable bonds is 4. The molecule has 0 spiro atoms. The van der Waals surface area contributed by atoms with Crippen molar-refractivity contribution in [2.45, 2.75) is 32.6 Å². The van der Waals surface area contributed by atoms with Crippen molar-refractivity contribution in [2.75, 3.05) is 19.6 Å². The van der Waals surface area contributed by atoms with Crippen LogP contribution in [0.3, 0.4) is 0 Å². The first-order chi connectivity index (χ1) is 11.5. The predicted octanol–water partition coefficient (Wildman–Crippen LogP) is 1.37. The molecule has 1 aliphatic rings. The molecular formula is C18H23N3O3. The van der Waals surface area contributed by atoms with Crippen LogP contribution >= 0.6 is 0 Å². The van der Waals surface area contributed by atoms with Crippen LogP contribution in [0, 0.1) is 12.3 Å². The molecule has 0 bridgehead atoms. The third kappa shape index (κ3) is 5.00. The van der Waals surface area contributed by atoms with Gasteiger partial charge < -0.3 is 20.3 Å². The van der Waals surface area contributed by atoms with Crippen LogP contribution in [0.4, 0.5) is 4.79 Å². The number of nitrogens with one attached hydrogen (secondary N) is 2. The van der Waals surface area contributed by atoms with Crippen LogP contribution in [0.15, 0.2) is 24.3 Å². The fourth-order valence-electron chi connectivity index (χ4n) is 2.67. The molecule has 6 nitrogen and oxygen atoms in total. The number of ether oxygens (including phenoxy) is 1. The summed E-state index contributed by atoms with van der Waals surface area (Å²) in [6.07, 6.45) is 5.16. The summed E-state index contributed by atoms with van der Waals surface area (Å²) in [5.74, 6) is 2.33. The van der Waals surface area contributed by atoms with Gasteiger partial charge in [-0.1, -0.05) is 18.1 Å². The summed E-state index contributed by atoms with van der Waals surface area (Å²) in [6.45, 7) is 5.70. The number of morpholine rings is 1. The van der Waals surface area contributed by atoms with Crippen LogP contribution in [0.5, 0.6) is 0 Å². The lowest BCUT2D eigenvalue weighted by Crippen LogP contribution is -2.48. The standard InChI is InChI=1S/C18H23N3O3/c1-4-9-19-18(23)20-10-15-5-7-16(8-6-15)17(22)21-11-13(2)24-14(3)12-21/h1,5-8,13-14H,9-12H2,2-3H3,(H2,19,20,23)/t13-,14-/m1/s1. The van der Waals surface area contributed by atoms with Crippen molar-refractivity contribution >= 4 is 11.9 Å². The first kappa shape index (κ1) is 17.8. The lowest BCUT2D eigenvalue weighted by molar-refractivity contribution is -0.0586. The maximum absolute atomic E-state index is 12.6. The molecule has 0 radical (unpaired) electrons. The van der Waals surface area contributed by atoms with Gasteiger partial charge >= 0.3 is 6.03 Å². The van der Waals surface area contributed by atoms with E-state index in [9.17, 15) is 9.59 Å². The molecule has 0 saturated carbocycles. The zero-order valence-electron chi connectivity index (χ0n) is 14.0. The number of carbonyl (C=O) groups excluding carboxylic acids is 2. The Bertz CT molecular complexity index is 611. The predicted molar refractivity (Wildman–Crippen MR) is 91.4 cm³/mol. The van der Waals surface area contributed by atoms with E-state index in [1.807, 2.05) is 30.9 Å². The van der Waals surface area contributed by atoms with Crippen LogP contribution in [0.2, 0.25) is 0 Å². The Labute approximate surface area is 142 Å². The van der Waals surface area contributed by atoms with Crippen LogP contribution in [0.25, 0.3) is 0 Å². The number of urea groups is 1. The molecular weight excluding hydrogens is 306 g/mol. The van der Waals surface area contributed by atoms with E-state index in [-0.39, 0.29) is 30.7 Å². The molecule has 6 heteroatoms. The second-order valence-electron chi connectivity index (χ2n) is 5.90. The van der Waals surface area contributed by atoms with Crippen LogP contribution in [-0.4, -0.2) is 48.7 Å². The molecule has 1 fully saturated rings.